The number of aromatic nitrogens is 1. The topological polar surface area (TPSA) is 39.2 Å². The molecule has 0 spiro atoms. The fraction of sp³-hybridized carbons (Fsp3) is 0.333. The lowest BCUT2D eigenvalue weighted by Gasteiger charge is -1.88. The first kappa shape index (κ1) is 7.37. The highest BCUT2D eigenvalue weighted by molar-refractivity contribution is 7.13. The summed E-state index contributed by atoms with van der Waals surface area (Å²) < 4.78 is 4.82. The van der Waals surface area contributed by atoms with Gasteiger partial charge in [0.15, 0.2) is 6.29 Å². The van der Waals surface area contributed by atoms with Crippen LogP contribution in [0.1, 0.15) is 14.7 Å². The molecule has 0 aromatic carbocycles. The molecule has 54 valence electrons. The molecular weight excluding hydrogens is 150 g/mol. The van der Waals surface area contributed by atoms with Gasteiger partial charge in [-0.25, -0.2) is 4.98 Å². The van der Waals surface area contributed by atoms with Gasteiger partial charge < -0.3 is 4.74 Å². The van der Waals surface area contributed by atoms with Gasteiger partial charge in [0, 0.05) is 13.3 Å². The van der Waals surface area contributed by atoms with Crippen LogP contribution in [0.3, 0.4) is 0 Å². The predicted octanol–water partition coefficient (Wildman–Crippen LogP) is 1.10. The van der Waals surface area contributed by atoms with Gasteiger partial charge in [-0.3, -0.25) is 4.79 Å². The van der Waals surface area contributed by atoms with Crippen molar-refractivity contribution in [2.24, 2.45) is 0 Å². The third-order valence-corrected chi connectivity index (χ3v) is 1.85. The zero-order valence-electron chi connectivity index (χ0n) is 5.53. The second-order valence-corrected chi connectivity index (χ2v) is 2.85. The summed E-state index contributed by atoms with van der Waals surface area (Å²) in [5.74, 6) is 0. The van der Waals surface area contributed by atoms with Crippen LogP contribution in [-0.4, -0.2) is 18.4 Å². The Hall–Kier alpha value is -0.740. The molecule has 0 aliphatic heterocycles. The van der Waals surface area contributed by atoms with E-state index in [4.69, 9.17) is 4.74 Å². The van der Waals surface area contributed by atoms with Gasteiger partial charge in [-0.2, -0.15) is 0 Å². The van der Waals surface area contributed by atoms with Crippen molar-refractivity contribution >= 4 is 17.6 Å². The maximum absolute atomic E-state index is 10.2. The lowest BCUT2D eigenvalue weighted by Crippen LogP contribution is -1.82. The molecule has 0 radical (unpaired) electrons. The van der Waals surface area contributed by atoms with Gasteiger partial charge in [0.05, 0.1) is 11.5 Å². The van der Waals surface area contributed by atoms with E-state index < -0.39 is 0 Å². The number of ether oxygens (including phenoxy) is 1. The molecule has 3 nitrogen and oxygen atoms in total. The van der Waals surface area contributed by atoms with Crippen LogP contribution in [0, 0.1) is 0 Å². The van der Waals surface area contributed by atoms with Crippen molar-refractivity contribution in [2.45, 2.75) is 6.61 Å². The van der Waals surface area contributed by atoms with Gasteiger partial charge in [-0.1, -0.05) is 0 Å². The van der Waals surface area contributed by atoms with E-state index in [9.17, 15) is 4.79 Å². The fourth-order valence-corrected chi connectivity index (χ4v) is 1.28. The van der Waals surface area contributed by atoms with Crippen LogP contribution in [0.25, 0.3) is 0 Å². The quantitative estimate of drug-likeness (QED) is 0.617. The molecule has 0 fully saturated rings. The fourth-order valence-electron chi connectivity index (χ4n) is 0.569. The molecule has 1 aromatic rings. The summed E-state index contributed by atoms with van der Waals surface area (Å²) in [6.45, 7) is 0.485. The molecule has 0 unspecified atom stereocenters. The average molecular weight is 157 g/mol. The van der Waals surface area contributed by atoms with Crippen molar-refractivity contribution in [1.82, 2.24) is 4.98 Å². The molecule has 10 heavy (non-hydrogen) atoms. The first-order chi connectivity index (χ1) is 4.86. The Bertz CT molecular complexity index is 221. The SMILES string of the molecule is COCc1ncc(C=O)s1. The summed E-state index contributed by atoms with van der Waals surface area (Å²) in [5, 5.41) is 0.838. The van der Waals surface area contributed by atoms with Crippen LogP contribution in [-0.2, 0) is 11.3 Å². The third-order valence-electron chi connectivity index (χ3n) is 0.955. The lowest BCUT2D eigenvalue weighted by molar-refractivity contribution is 0.112. The Morgan fingerprint density at radius 1 is 1.90 bits per heavy atom. The summed E-state index contributed by atoms with van der Waals surface area (Å²) in [7, 11) is 1.60. The minimum absolute atomic E-state index is 0.485. The van der Waals surface area contributed by atoms with Gasteiger partial charge in [-0.15, -0.1) is 11.3 Å². The van der Waals surface area contributed by atoms with Crippen LogP contribution in [0.15, 0.2) is 6.20 Å². The molecule has 0 saturated carbocycles. The van der Waals surface area contributed by atoms with Crippen molar-refractivity contribution in [3.05, 3.63) is 16.1 Å². The second-order valence-electron chi connectivity index (χ2n) is 1.71. The minimum atomic E-state index is 0.485. The second kappa shape index (κ2) is 3.43. The van der Waals surface area contributed by atoms with Gasteiger partial charge in [0.2, 0.25) is 0 Å². The van der Waals surface area contributed by atoms with Crippen molar-refractivity contribution in [1.29, 1.82) is 0 Å². The molecule has 0 bridgehead atoms. The van der Waals surface area contributed by atoms with Crippen molar-refractivity contribution in [3.8, 4) is 0 Å². The summed E-state index contributed by atoms with van der Waals surface area (Å²) in [4.78, 5) is 14.7. The maximum atomic E-state index is 10.2. The third kappa shape index (κ3) is 1.62. The Labute approximate surface area is 62.7 Å². The molecule has 1 heterocycles. The van der Waals surface area contributed by atoms with Crippen LogP contribution >= 0.6 is 11.3 Å². The smallest absolute Gasteiger partial charge is 0.161 e. The zero-order chi connectivity index (χ0) is 7.40. The van der Waals surface area contributed by atoms with Gasteiger partial charge in [0.25, 0.3) is 0 Å². The molecule has 1 rings (SSSR count). The molecule has 0 atom stereocenters. The number of hydrogen-bond donors (Lipinski definition) is 0. The predicted molar refractivity (Wildman–Crippen MR) is 38.2 cm³/mol. The van der Waals surface area contributed by atoms with Crippen LogP contribution in [0.5, 0.6) is 0 Å². The lowest BCUT2D eigenvalue weighted by atomic mass is 10.6. The minimum Gasteiger partial charge on any atom is -0.378 e. The van der Waals surface area contributed by atoms with E-state index in [0.29, 0.717) is 11.5 Å². The van der Waals surface area contributed by atoms with E-state index in [-0.39, 0.29) is 0 Å². The van der Waals surface area contributed by atoms with Crippen LogP contribution in [0.2, 0.25) is 0 Å². The summed E-state index contributed by atoms with van der Waals surface area (Å²) >= 11 is 1.35. The number of carbonyl (C=O) groups excluding carboxylic acids is 1. The highest BCUT2D eigenvalue weighted by Gasteiger charge is 1.98. The van der Waals surface area contributed by atoms with E-state index in [2.05, 4.69) is 4.98 Å². The number of thiazole rings is 1. The summed E-state index contributed by atoms with van der Waals surface area (Å²) in [6, 6.07) is 0. The molecule has 0 amide bonds. The van der Waals surface area contributed by atoms with Crippen molar-refractivity contribution in [2.75, 3.05) is 7.11 Å². The molecule has 4 heteroatoms. The molecule has 0 aliphatic carbocycles. The summed E-state index contributed by atoms with van der Waals surface area (Å²) in [6.07, 6.45) is 2.34. The molecule has 0 saturated heterocycles. The van der Waals surface area contributed by atoms with Crippen LogP contribution in [0.4, 0.5) is 0 Å². The number of rotatable bonds is 3. The normalized spacial score (nSPS) is 9.70. The van der Waals surface area contributed by atoms with Gasteiger partial charge >= 0.3 is 0 Å². The van der Waals surface area contributed by atoms with E-state index >= 15 is 0 Å². The highest BCUT2D eigenvalue weighted by Crippen LogP contribution is 2.10. The zero-order valence-corrected chi connectivity index (χ0v) is 6.35. The molecule has 0 N–H and O–H groups in total. The van der Waals surface area contributed by atoms with Crippen molar-refractivity contribution in [3.63, 3.8) is 0 Å². The summed E-state index contributed by atoms with van der Waals surface area (Å²) in [5.41, 5.74) is 0. The highest BCUT2D eigenvalue weighted by atomic mass is 32.1. The number of carbonyl (C=O) groups is 1. The number of hydrogen-bond acceptors (Lipinski definition) is 4. The molecule has 1 aromatic heterocycles. The standard InChI is InChI=1S/C6H7NO2S/c1-9-4-6-7-2-5(3-8)10-6/h2-3H,4H2,1H3. The van der Waals surface area contributed by atoms with E-state index in [1.807, 2.05) is 0 Å². The Morgan fingerprint density at radius 3 is 3.20 bits per heavy atom. The van der Waals surface area contributed by atoms with Crippen molar-refractivity contribution < 1.29 is 9.53 Å². The largest absolute Gasteiger partial charge is 0.378 e. The Morgan fingerprint density at radius 2 is 2.70 bits per heavy atom. The first-order valence-corrected chi connectivity index (χ1v) is 3.57. The molecule has 0 aliphatic rings. The average Bonchev–Trinajstić information content (AvgIpc) is 2.37. The van der Waals surface area contributed by atoms with E-state index in [1.54, 1.807) is 13.3 Å². The van der Waals surface area contributed by atoms with E-state index in [1.165, 1.54) is 11.3 Å². The Balaban J connectivity index is 2.68. The number of nitrogens with zero attached hydrogens (tertiary/aromatic N) is 1. The number of aldehydes is 1. The monoisotopic (exact) mass is 157 g/mol. The van der Waals surface area contributed by atoms with Gasteiger partial charge in [-0.05, 0) is 0 Å². The Kier molecular flexibility index (Phi) is 2.53. The first-order valence-electron chi connectivity index (χ1n) is 2.75. The number of methoxy groups -OCH3 is 1. The van der Waals surface area contributed by atoms with Gasteiger partial charge in [0.1, 0.15) is 5.01 Å². The van der Waals surface area contributed by atoms with Crippen LogP contribution < -0.4 is 0 Å². The maximum Gasteiger partial charge on any atom is 0.161 e. The molecular formula is C6H7NO2S. The van der Waals surface area contributed by atoms with E-state index in [0.717, 1.165) is 11.3 Å².